The number of carbonyl (C=O) groups is 3. The van der Waals surface area contributed by atoms with Crippen LogP contribution in [0.5, 0.6) is 0 Å². The first-order chi connectivity index (χ1) is 13.9. The van der Waals surface area contributed by atoms with E-state index in [9.17, 15) is 18.8 Å². The van der Waals surface area contributed by atoms with E-state index in [4.69, 9.17) is 4.74 Å². The number of benzene rings is 2. The summed E-state index contributed by atoms with van der Waals surface area (Å²) in [7, 11) is 1.26. The molecule has 2 atom stereocenters. The lowest BCUT2D eigenvalue weighted by molar-refractivity contribution is -0.145. The number of hydrogen-bond donors (Lipinski definition) is 2. The van der Waals surface area contributed by atoms with Crippen LogP contribution in [0.2, 0.25) is 0 Å². The van der Waals surface area contributed by atoms with Crippen molar-refractivity contribution in [3.63, 3.8) is 0 Å². The molecule has 0 spiro atoms. The highest BCUT2D eigenvalue weighted by atomic mass is 19.1. The van der Waals surface area contributed by atoms with Crippen molar-refractivity contribution >= 4 is 17.8 Å². The van der Waals surface area contributed by atoms with Crippen molar-refractivity contribution in [2.45, 2.75) is 38.3 Å². The molecule has 29 heavy (non-hydrogen) atoms. The first-order valence-corrected chi connectivity index (χ1v) is 9.32. The van der Waals surface area contributed by atoms with Crippen molar-refractivity contribution in [3.05, 3.63) is 71.5 Å². The highest BCUT2D eigenvalue weighted by molar-refractivity contribution is 5.90. The molecule has 2 aromatic rings. The first-order valence-electron chi connectivity index (χ1n) is 9.32. The molecule has 0 aromatic heterocycles. The molecule has 0 saturated heterocycles. The standard InChI is InChI=1S/C22H25FN2O4/c1-15(26)24-20(14-17-8-11-18(23)12-9-17)21(27)25-19(22(28)29-2)13-10-16-6-4-3-5-7-16/h3-9,11-12,19-20H,10,13-14H2,1-2H3,(H,24,26)(H,25,27)/t19-,20-/m1/s1. The van der Waals surface area contributed by atoms with Crippen molar-refractivity contribution in [3.8, 4) is 0 Å². The molecular formula is C22H25FN2O4. The summed E-state index contributed by atoms with van der Waals surface area (Å²) in [6, 6.07) is 13.5. The Labute approximate surface area is 169 Å². The average molecular weight is 400 g/mol. The van der Waals surface area contributed by atoms with Gasteiger partial charge in [-0.3, -0.25) is 9.59 Å². The van der Waals surface area contributed by atoms with Gasteiger partial charge in [-0.1, -0.05) is 42.5 Å². The number of carbonyl (C=O) groups excluding carboxylic acids is 3. The number of nitrogens with one attached hydrogen (secondary N) is 2. The smallest absolute Gasteiger partial charge is 0.328 e. The van der Waals surface area contributed by atoms with Crippen molar-refractivity contribution < 1.29 is 23.5 Å². The van der Waals surface area contributed by atoms with E-state index >= 15 is 0 Å². The second kappa shape index (κ2) is 10.9. The molecule has 154 valence electrons. The van der Waals surface area contributed by atoms with E-state index in [0.29, 0.717) is 18.4 Å². The summed E-state index contributed by atoms with van der Waals surface area (Å²) >= 11 is 0. The Morgan fingerprint density at radius 3 is 2.17 bits per heavy atom. The summed E-state index contributed by atoms with van der Waals surface area (Å²) in [5.41, 5.74) is 1.71. The third-order valence-electron chi connectivity index (χ3n) is 4.41. The normalized spacial score (nSPS) is 12.5. The zero-order chi connectivity index (χ0) is 21.2. The summed E-state index contributed by atoms with van der Waals surface area (Å²) in [4.78, 5) is 36.5. The van der Waals surface area contributed by atoms with Crippen LogP contribution in [0.25, 0.3) is 0 Å². The highest BCUT2D eigenvalue weighted by Crippen LogP contribution is 2.09. The van der Waals surface area contributed by atoms with Crippen LogP contribution in [0.4, 0.5) is 4.39 Å². The molecular weight excluding hydrogens is 375 g/mol. The number of halogens is 1. The third-order valence-corrected chi connectivity index (χ3v) is 4.41. The van der Waals surface area contributed by atoms with Gasteiger partial charge in [-0.05, 0) is 36.1 Å². The minimum Gasteiger partial charge on any atom is -0.467 e. The zero-order valence-electron chi connectivity index (χ0n) is 16.5. The maximum Gasteiger partial charge on any atom is 0.328 e. The van der Waals surface area contributed by atoms with Gasteiger partial charge in [0.05, 0.1) is 7.11 Å². The third kappa shape index (κ3) is 7.37. The van der Waals surface area contributed by atoms with Crippen molar-refractivity contribution in [2.75, 3.05) is 7.11 Å². The van der Waals surface area contributed by atoms with Gasteiger partial charge in [-0.15, -0.1) is 0 Å². The quantitative estimate of drug-likeness (QED) is 0.632. The van der Waals surface area contributed by atoms with Crippen LogP contribution in [0.1, 0.15) is 24.5 Å². The van der Waals surface area contributed by atoms with Gasteiger partial charge in [-0.2, -0.15) is 0 Å². The van der Waals surface area contributed by atoms with E-state index in [1.54, 1.807) is 12.1 Å². The number of aryl methyl sites for hydroxylation is 1. The largest absolute Gasteiger partial charge is 0.467 e. The predicted molar refractivity (Wildman–Crippen MR) is 106 cm³/mol. The number of methoxy groups -OCH3 is 1. The average Bonchev–Trinajstić information content (AvgIpc) is 2.71. The Bertz CT molecular complexity index is 824. The van der Waals surface area contributed by atoms with Gasteiger partial charge in [0.1, 0.15) is 17.9 Å². The van der Waals surface area contributed by atoms with Crippen molar-refractivity contribution in [2.24, 2.45) is 0 Å². The first kappa shape index (κ1) is 22.1. The topological polar surface area (TPSA) is 84.5 Å². The SMILES string of the molecule is COC(=O)[C@@H](CCc1ccccc1)NC(=O)[C@@H](Cc1ccc(F)cc1)NC(C)=O. The van der Waals surface area contributed by atoms with Gasteiger partial charge in [0.15, 0.2) is 0 Å². The molecule has 0 fully saturated rings. The molecule has 0 aliphatic rings. The Hall–Kier alpha value is -3.22. The van der Waals surface area contributed by atoms with Gasteiger partial charge in [-0.25, -0.2) is 9.18 Å². The van der Waals surface area contributed by atoms with Gasteiger partial charge in [0, 0.05) is 13.3 Å². The Balaban J connectivity index is 2.08. The molecule has 0 heterocycles. The van der Waals surface area contributed by atoms with Crippen LogP contribution < -0.4 is 10.6 Å². The Morgan fingerprint density at radius 2 is 1.59 bits per heavy atom. The fraction of sp³-hybridized carbons (Fsp3) is 0.318. The van der Waals surface area contributed by atoms with Crippen LogP contribution in [0.15, 0.2) is 54.6 Å². The number of esters is 1. The van der Waals surface area contributed by atoms with Crippen LogP contribution in [0.3, 0.4) is 0 Å². The minimum absolute atomic E-state index is 0.165. The van der Waals surface area contributed by atoms with Crippen LogP contribution in [-0.4, -0.2) is 37.0 Å². The van der Waals surface area contributed by atoms with Gasteiger partial charge in [0.25, 0.3) is 0 Å². The molecule has 6 nitrogen and oxygen atoms in total. The molecule has 0 saturated carbocycles. The lowest BCUT2D eigenvalue weighted by Gasteiger charge is -2.22. The number of hydrogen-bond acceptors (Lipinski definition) is 4. The Morgan fingerprint density at radius 1 is 0.931 bits per heavy atom. The van der Waals surface area contributed by atoms with E-state index in [1.807, 2.05) is 30.3 Å². The zero-order valence-corrected chi connectivity index (χ0v) is 16.5. The van der Waals surface area contributed by atoms with E-state index < -0.39 is 24.0 Å². The lowest BCUT2D eigenvalue weighted by atomic mass is 10.0. The van der Waals surface area contributed by atoms with Crippen molar-refractivity contribution in [1.82, 2.24) is 10.6 Å². The summed E-state index contributed by atoms with van der Waals surface area (Å²) < 4.78 is 17.9. The molecule has 0 aliphatic carbocycles. The Kier molecular flexibility index (Phi) is 8.33. The van der Waals surface area contributed by atoms with Crippen LogP contribution in [-0.2, 0) is 32.0 Å². The number of rotatable bonds is 9. The summed E-state index contributed by atoms with van der Waals surface area (Å²) in [5, 5.41) is 5.25. The molecule has 0 bridgehead atoms. The second-order valence-electron chi connectivity index (χ2n) is 6.69. The molecule has 0 radical (unpaired) electrons. The molecule has 0 aliphatic heterocycles. The molecule has 7 heteroatoms. The summed E-state index contributed by atoms with van der Waals surface area (Å²) in [6.45, 7) is 1.30. The van der Waals surface area contributed by atoms with E-state index in [0.717, 1.165) is 5.56 Å². The highest BCUT2D eigenvalue weighted by Gasteiger charge is 2.27. The van der Waals surface area contributed by atoms with Crippen molar-refractivity contribution in [1.29, 1.82) is 0 Å². The maximum absolute atomic E-state index is 13.1. The van der Waals surface area contributed by atoms with Gasteiger partial charge < -0.3 is 15.4 Å². The van der Waals surface area contributed by atoms with Crippen LogP contribution >= 0.6 is 0 Å². The fourth-order valence-electron chi connectivity index (χ4n) is 2.93. The van der Waals surface area contributed by atoms with E-state index in [1.165, 1.54) is 26.2 Å². The maximum atomic E-state index is 13.1. The van der Waals surface area contributed by atoms with Gasteiger partial charge >= 0.3 is 5.97 Å². The summed E-state index contributed by atoms with van der Waals surface area (Å²) in [6.07, 6.45) is 1.09. The second-order valence-corrected chi connectivity index (χ2v) is 6.69. The molecule has 2 N–H and O–H groups in total. The minimum atomic E-state index is -0.901. The van der Waals surface area contributed by atoms with E-state index in [-0.39, 0.29) is 18.1 Å². The number of amides is 2. The van der Waals surface area contributed by atoms with Gasteiger partial charge in [0.2, 0.25) is 11.8 Å². The fourth-order valence-corrected chi connectivity index (χ4v) is 2.93. The summed E-state index contributed by atoms with van der Waals surface area (Å²) in [5.74, 6) is -1.84. The lowest BCUT2D eigenvalue weighted by Crippen LogP contribution is -2.52. The van der Waals surface area contributed by atoms with Crippen LogP contribution in [0, 0.1) is 5.82 Å². The molecule has 0 unspecified atom stereocenters. The number of ether oxygens (including phenoxy) is 1. The molecule has 2 aromatic carbocycles. The van der Waals surface area contributed by atoms with E-state index in [2.05, 4.69) is 10.6 Å². The monoisotopic (exact) mass is 400 g/mol. The molecule has 2 rings (SSSR count). The molecule has 2 amide bonds. The predicted octanol–water partition coefficient (Wildman–Crippen LogP) is 2.16.